The van der Waals surface area contributed by atoms with Gasteiger partial charge in [0.15, 0.2) is 5.78 Å². The molecule has 2 N–H and O–H groups in total. The third kappa shape index (κ3) is 4.64. The van der Waals surface area contributed by atoms with Crippen molar-refractivity contribution >= 4 is 56.4 Å². The second-order valence-corrected chi connectivity index (χ2v) is 11.0. The van der Waals surface area contributed by atoms with Crippen LogP contribution in [0.3, 0.4) is 0 Å². The average molecular weight is 523 g/mol. The largest absolute Gasteiger partial charge is 0.385 e. The fourth-order valence-electron chi connectivity index (χ4n) is 5.15. The number of aromatic nitrogens is 1. The Bertz CT molecular complexity index is 1210. The van der Waals surface area contributed by atoms with Crippen LogP contribution in [0.25, 0.3) is 10.2 Å². The minimum atomic E-state index is -0.730. The van der Waals surface area contributed by atoms with Crippen molar-refractivity contribution in [1.82, 2.24) is 10.3 Å². The Morgan fingerprint density at radius 3 is 2.71 bits per heavy atom. The lowest BCUT2D eigenvalue weighted by atomic mass is 9.67. The zero-order valence-electron chi connectivity index (χ0n) is 19.4. The summed E-state index contributed by atoms with van der Waals surface area (Å²) in [6.07, 6.45) is 2.00. The van der Waals surface area contributed by atoms with E-state index in [9.17, 15) is 9.59 Å². The maximum atomic E-state index is 13.4. The van der Waals surface area contributed by atoms with Crippen molar-refractivity contribution in [2.24, 2.45) is 5.41 Å². The van der Waals surface area contributed by atoms with Gasteiger partial charge in [0.25, 0.3) is 5.91 Å². The monoisotopic (exact) mass is 522 g/mol. The first-order valence-corrected chi connectivity index (χ1v) is 12.7. The number of methoxy groups -OCH3 is 2. The van der Waals surface area contributed by atoms with Crippen molar-refractivity contribution in [3.63, 3.8) is 0 Å². The number of benzene rings is 1. The first-order chi connectivity index (χ1) is 16.3. The van der Waals surface area contributed by atoms with Crippen molar-refractivity contribution < 1.29 is 19.1 Å². The van der Waals surface area contributed by atoms with Gasteiger partial charge in [-0.2, -0.15) is 0 Å². The van der Waals surface area contributed by atoms with Gasteiger partial charge in [0, 0.05) is 38.2 Å². The van der Waals surface area contributed by atoms with Crippen molar-refractivity contribution in [2.45, 2.75) is 38.1 Å². The summed E-state index contributed by atoms with van der Waals surface area (Å²) < 4.78 is 11.8. The van der Waals surface area contributed by atoms with E-state index >= 15 is 0 Å². The highest BCUT2D eigenvalue weighted by Gasteiger charge is 2.49. The van der Waals surface area contributed by atoms with Crippen LogP contribution in [-0.4, -0.2) is 50.1 Å². The maximum absolute atomic E-state index is 13.4. The number of ketones is 1. The van der Waals surface area contributed by atoms with Crippen molar-refractivity contribution in [1.29, 1.82) is 0 Å². The van der Waals surface area contributed by atoms with Gasteiger partial charge < -0.3 is 19.8 Å². The summed E-state index contributed by atoms with van der Waals surface area (Å²) in [5.74, 6) is -0.410. The van der Waals surface area contributed by atoms with E-state index < -0.39 is 5.41 Å². The van der Waals surface area contributed by atoms with E-state index in [1.54, 1.807) is 13.2 Å². The summed E-state index contributed by atoms with van der Waals surface area (Å²) in [5.41, 5.74) is 2.58. The highest BCUT2D eigenvalue weighted by Crippen LogP contribution is 2.49. The van der Waals surface area contributed by atoms with Gasteiger partial charge in [-0.3, -0.25) is 9.59 Å². The Hall–Kier alpha value is -1.90. The van der Waals surface area contributed by atoms with Gasteiger partial charge in [0.2, 0.25) is 0 Å². The molecule has 0 radical (unpaired) electrons. The first kappa shape index (κ1) is 25.2. The molecule has 2 heterocycles. The van der Waals surface area contributed by atoms with Gasteiger partial charge in [-0.25, -0.2) is 0 Å². The molecule has 1 amide bonds. The number of thiophene rings is 1. The van der Waals surface area contributed by atoms with Crippen LogP contribution < -0.4 is 5.32 Å². The van der Waals surface area contributed by atoms with Crippen LogP contribution >= 0.6 is 34.5 Å². The van der Waals surface area contributed by atoms with Crippen molar-refractivity contribution in [3.05, 3.63) is 56.5 Å². The summed E-state index contributed by atoms with van der Waals surface area (Å²) in [4.78, 5) is 29.8. The highest BCUT2D eigenvalue weighted by molar-refractivity contribution is 7.23. The number of rotatable bonds is 10. The van der Waals surface area contributed by atoms with Crippen LogP contribution in [0.2, 0.25) is 9.36 Å². The number of carbonyl (C=O) groups is 2. The van der Waals surface area contributed by atoms with Crippen molar-refractivity contribution in [2.75, 3.05) is 27.4 Å². The molecular weight excluding hydrogens is 495 g/mol. The Balaban J connectivity index is 1.67. The zero-order chi connectivity index (χ0) is 24.5. The highest BCUT2D eigenvalue weighted by atomic mass is 35.5. The average Bonchev–Trinajstić information content (AvgIpc) is 3.46. The summed E-state index contributed by atoms with van der Waals surface area (Å²) >= 11 is 13.7. The fourth-order valence-corrected chi connectivity index (χ4v) is 6.63. The molecule has 1 aromatic carbocycles. The fraction of sp³-hybridized carbons (Fsp3) is 0.440. The predicted molar refractivity (Wildman–Crippen MR) is 136 cm³/mol. The van der Waals surface area contributed by atoms with E-state index in [4.69, 9.17) is 32.7 Å². The van der Waals surface area contributed by atoms with Crippen LogP contribution in [0.15, 0.2) is 30.3 Å². The van der Waals surface area contributed by atoms with E-state index in [1.807, 2.05) is 19.1 Å². The number of Topliss-reactive ketones (excluding diaryl/α,β-unsaturated/α-hetero) is 1. The number of hydrogen-bond donors (Lipinski definition) is 2. The number of H-pyrrole nitrogens is 1. The van der Waals surface area contributed by atoms with Crippen LogP contribution in [0.1, 0.15) is 47.3 Å². The molecule has 6 nitrogen and oxygen atoms in total. The van der Waals surface area contributed by atoms with E-state index in [0.29, 0.717) is 40.0 Å². The Kier molecular flexibility index (Phi) is 7.69. The number of amides is 1. The van der Waals surface area contributed by atoms with E-state index in [-0.39, 0.29) is 30.3 Å². The molecule has 4 rings (SSSR count). The first-order valence-electron chi connectivity index (χ1n) is 11.2. The number of fused-ring (bicyclic) bond motifs is 2. The SMILES string of the molecule is COCCCC(C)(C(=O)COC)[C@@H]1c2ccccc2CC1NC(=O)c1cc2sc(Cl)c(Cl)c2[nH]1. The normalized spacial score (nSPS) is 19.2. The number of hydrogen-bond acceptors (Lipinski definition) is 5. The van der Waals surface area contributed by atoms with Crippen LogP contribution in [0.5, 0.6) is 0 Å². The number of ether oxygens (including phenoxy) is 2. The third-order valence-corrected chi connectivity index (χ3v) is 8.74. The molecule has 0 saturated carbocycles. The molecule has 0 bridgehead atoms. The Morgan fingerprint density at radius 1 is 1.24 bits per heavy atom. The molecule has 1 aliphatic rings. The van der Waals surface area contributed by atoms with Crippen LogP contribution in [0, 0.1) is 5.41 Å². The Labute approximate surface area is 212 Å². The quantitative estimate of drug-likeness (QED) is 0.338. The second-order valence-electron chi connectivity index (χ2n) is 8.94. The number of carbonyl (C=O) groups excluding carboxylic acids is 2. The molecule has 0 aliphatic heterocycles. The van der Waals surface area contributed by atoms with Crippen LogP contribution in [0.4, 0.5) is 0 Å². The molecule has 0 fully saturated rings. The number of halogens is 2. The topological polar surface area (TPSA) is 80.4 Å². The summed E-state index contributed by atoms with van der Waals surface area (Å²) in [5, 5.41) is 3.62. The molecule has 1 aliphatic carbocycles. The molecule has 2 aromatic heterocycles. The molecule has 182 valence electrons. The minimum absolute atomic E-state index is 0.0221. The molecule has 9 heteroatoms. The molecule has 0 saturated heterocycles. The standard InChI is InChI=1S/C25H28Cl2N2O4S/c1-25(9-6-10-32-2,19(30)13-33-3)20-15-8-5-4-7-14(15)11-16(20)29-24(31)17-12-18-22(28-17)21(26)23(27)34-18/h4-5,7-8,12,16,20,28H,6,9-11,13H2,1-3H3,(H,29,31)/t16?,20-,25?/m1/s1. The number of aromatic amines is 1. The molecule has 3 atom stereocenters. The number of nitrogens with one attached hydrogen (secondary N) is 2. The maximum Gasteiger partial charge on any atom is 0.268 e. The van der Waals surface area contributed by atoms with E-state index in [1.165, 1.54) is 18.4 Å². The van der Waals surface area contributed by atoms with Gasteiger partial charge in [-0.1, -0.05) is 54.4 Å². The Morgan fingerprint density at radius 2 is 2.00 bits per heavy atom. The zero-order valence-corrected chi connectivity index (χ0v) is 21.7. The van der Waals surface area contributed by atoms with Gasteiger partial charge in [0.05, 0.1) is 15.2 Å². The predicted octanol–water partition coefficient (Wildman–Crippen LogP) is 5.62. The van der Waals surface area contributed by atoms with Gasteiger partial charge in [-0.15, -0.1) is 11.3 Å². The molecule has 2 unspecified atom stereocenters. The third-order valence-electron chi connectivity index (χ3n) is 6.81. The lowest BCUT2D eigenvalue weighted by Crippen LogP contribution is -2.47. The van der Waals surface area contributed by atoms with Gasteiger partial charge in [-0.05, 0) is 36.5 Å². The summed E-state index contributed by atoms with van der Waals surface area (Å²) in [6.45, 7) is 2.57. The van der Waals surface area contributed by atoms with E-state index in [2.05, 4.69) is 22.4 Å². The molecule has 34 heavy (non-hydrogen) atoms. The van der Waals surface area contributed by atoms with Crippen LogP contribution in [-0.2, 0) is 20.7 Å². The minimum Gasteiger partial charge on any atom is -0.385 e. The van der Waals surface area contributed by atoms with Gasteiger partial charge >= 0.3 is 0 Å². The second kappa shape index (κ2) is 10.4. The molecule has 0 spiro atoms. The summed E-state index contributed by atoms with van der Waals surface area (Å²) in [7, 11) is 3.19. The smallest absolute Gasteiger partial charge is 0.268 e. The lowest BCUT2D eigenvalue weighted by molar-refractivity contribution is -0.134. The van der Waals surface area contributed by atoms with E-state index in [0.717, 1.165) is 22.2 Å². The molecular formula is C25H28Cl2N2O4S. The van der Waals surface area contributed by atoms with Crippen molar-refractivity contribution in [3.8, 4) is 0 Å². The van der Waals surface area contributed by atoms with Gasteiger partial charge in [0.1, 0.15) is 16.6 Å². The summed E-state index contributed by atoms with van der Waals surface area (Å²) in [6, 6.07) is 9.61. The molecule has 3 aromatic rings. The lowest BCUT2D eigenvalue weighted by Gasteiger charge is -2.38.